The summed E-state index contributed by atoms with van der Waals surface area (Å²) in [6.07, 6.45) is 0.535. The highest BCUT2D eigenvalue weighted by Crippen LogP contribution is 2.23. The lowest BCUT2D eigenvalue weighted by molar-refractivity contribution is 0.101. The van der Waals surface area contributed by atoms with Gasteiger partial charge in [0.05, 0.1) is 7.11 Å². The van der Waals surface area contributed by atoms with Gasteiger partial charge in [-0.25, -0.2) is 0 Å². The second kappa shape index (κ2) is 4.38. The van der Waals surface area contributed by atoms with Gasteiger partial charge in [0.1, 0.15) is 17.4 Å². The quantitative estimate of drug-likeness (QED) is 0.552. The number of benzene rings is 1. The van der Waals surface area contributed by atoms with Crippen molar-refractivity contribution in [2.45, 2.75) is 6.92 Å². The van der Waals surface area contributed by atoms with Gasteiger partial charge in [-0.3, -0.25) is 9.59 Å². The molecule has 0 atom stereocenters. The molecule has 0 unspecified atom stereocenters. The molecule has 1 rings (SSSR count). The van der Waals surface area contributed by atoms with Gasteiger partial charge in [0.2, 0.25) is 0 Å². The average molecular weight is 203 g/mol. The van der Waals surface area contributed by atoms with Crippen LogP contribution in [0.1, 0.15) is 33.2 Å². The number of ether oxygens (including phenoxy) is 1. The Morgan fingerprint density at radius 3 is 2.60 bits per heavy atom. The van der Waals surface area contributed by atoms with E-state index in [0.29, 0.717) is 11.8 Å². The fourth-order valence-corrected chi connectivity index (χ4v) is 1.21. The first-order chi connectivity index (χ1) is 7.13. The predicted octanol–water partition coefficient (Wildman–Crippen LogP) is 1.58. The lowest BCUT2D eigenvalue weighted by Gasteiger charge is -2.06. The lowest BCUT2D eigenvalue weighted by atomic mass is 10.0. The van der Waals surface area contributed by atoms with Crippen LogP contribution in [0.5, 0.6) is 5.75 Å². The Morgan fingerprint density at radius 2 is 2.20 bits per heavy atom. The molecular weight excluding hydrogens is 194 g/mol. The van der Waals surface area contributed by atoms with Crippen LogP contribution in [0.4, 0.5) is 0 Å². The van der Waals surface area contributed by atoms with Gasteiger partial charge in [-0.1, -0.05) is 0 Å². The fourth-order valence-electron chi connectivity index (χ4n) is 1.21. The van der Waals surface area contributed by atoms with Crippen molar-refractivity contribution in [1.82, 2.24) is 0 Å². The highest BCUT2D eigenvalue weighted by atomic mass is 16.5. The van der Waals surface area contributed by atoms with Crippen LogP contribution >= 0.6 is 0 Å². The van der Waals surface area contributed by atoms with Gasteiger partial charge in [0.15, 0.2) is 12.1 Å². The first-order valence-electron chi connectivity index (χ1n) is 4.22. The first kappa shape index (κ1) is 10.9. The SMILES string of the molecule is COc1cc(C(C)=O)cc(C=O)c1C#N. The molecule has 0 amide bonds. The molecule has 1 aromatic carbocycles. The number of hydrogen-bond donors (Lipinski definition) is 0. The molecule has 4 heteroatoms. The van der Waals surface area contributed by atoms with Crippen molar-refractivity contribution >= 4 is 12.1 Å². The summed E-state index contributed by atoms with van der Waals surface area (Å²) in [7, 11) is 1.38. The molecule has 0 aliphatic rings. The summed E-state index contributed by atoms with van der Waals surface area (Å²) in [5, 5.41) is 8.82. The van der Waals surface area contributed by atoms with Crippen LogP contribution in [0.25, 0.3) is 0 Å². The monoisotopic (exact) mass is 203 g/mol. The molecule has 0 aliphatic heterocycles. The Morgan fingerprint density at radius 1 is 1.53 bits per heavy atom. The molecule has 15 heavy (non-hydrogen) atoms. The van der Waals surface area contributed by atoms with Gasteiger partial charge >= 0.3 is 0 Å². The van der Waals surface area contributed by atoms with Crippen LogP contribution in [0.15, 0.2) is 12.1 Å². The molecule has 0 saturated heterocycles. The van der Waals surface area contributed by atoms with Crippen molar-refractivity contribution in [2.75, 3.05) is 7.11 Å². The largest absolute Gasteiger partial charge is 0.495 e. The normalized spacial score (nSPS) is 9.13. The van der Waals surface area contributed by atoms with Crippen molar-refractivity contribution in [3.63, 3.8) is 0 Å². The topological polar surface area (TPSA) is 67.2 Å². The molecule has 0 saturated carbocycles. The maximum absolute atomic E-state index is 11.1. The summed E-state index contributed by atoms with van der Waals surface area (Å²) in [6, 6.07) is 4.70. The zero-order valence-corrected chi connectivity index (χ0v) is 8.40. The number of methoxy groups -OCH3 is 1. The van der Waals surface area contributed by atoms with Crippen LogP contribution in [-0.4, -0.2) is 19.2 Å². The van der Waals surface area contributed by atoms with Crippen LogP contribution in [-0.2, 0) is 0 Å². The van der Waals surface area contributed by atoms with Crippen LogP contribution in [0.3, 0.4) is 0 Å². The Balaban J connectivity index is 3.51. The molecule has 0 aromatic heterocycles. The lowest BCUT2D eigenvalue weighted by Crippen LogP contribution is -2.00. The predicted molar refractivity (Wildman–Crippen MR) is 53.1 cm³/mol. The van der Waals surface area contributed by atoms with E-state index in [-0.39, 0.29) is 22.7 Å². The van der Waals surface area contributed by atoms with Crippen molar-refractivity contribution < 1.29 is 14.3 Å². The number of ketones is 1. The van der Waals surface area contributed by atoms with Gasteiger partial charge in [-0.05, 0) is 19.1 Å². The third-order valence-corrected chi connectivity index (χ3v) is 2.00. The molecule has 0 spiro atoms. The highest BCUT2D eigenvalue weighted by molar-refractivity contribution is 5.97. The van der Waals surface area contributed by atoms with Crippen LogP contribution < -0.4 is 4.74 Å². The molecule has 0 fully saturated rings. The molecule has 0 bridgehead atoms. The number of nitriles is 1. The summed E-state index contributed by atoms with van der Waals surface area (Å²) < 4.78 is 4.94. The first-order valence-corrected chi connectivity index (χ1v) is 4.22. The number of carbonyl (C=O) groups is 2. The summed E-state index contributed by atoms with van der Waals surface area (Å²) in [6.45, 7) is 1.38. The smallest absolute Gasteiger partial charge is 0.159 e. The Labute approximate surface area is 87.1 Å². The van der Waals surface area contributed by atoms with Gasteiger partial charge in [0, 0.05) is 11.1 Å². The zero-order chi connectivity index (χ0) is 11.4. The van der Waals surface area contributed by atoms with Crippen molar-refractivity contribution in [1.29, 1.82) is 5.26 Å². The molecule has 0 N–H and O–H groups in total. The Kier molecular flexibility index (Phi) is 3.19. The van der Waals surface area contributed by atoms with E-state index in [1.54, 1.807) is 0 Å². The van der Waals surface area contributed by atoms with E-state index in [2.05, 4.69) is 0 Å². The number of hydrogen-bond acceptors (Lipinski definition) is 4. The molecule has 0 heterocycles. The number of aldehydes is 1. The van der Waals surface area contributed by atoms with Crippen molar-refractivity contribution in [3.8, 4) is 11.8 Å². The molecular formula is C11H9NO3. The minimum Gasteiger partial charge on any atom is -0.495 e. The van der Waals surface area contributed by atoms with Crippen molar-refractivity contribution in [2.24, 2.45) is 0 Å². The summed E-state index contributed by atoms with van der Waals surface area (Å²) >= 11 is 0. The molecule has 0 radical (unpaired) electrons. The standard InChI is InChI=1S/C11H9NO3/c1-7(14)8-3-9(6-13)10(5-12)11(4-8)15-2/h3-4,6H,1-2H3. The van der Waals surface area contributed by atoms with E-state index in [0.717, 1.165) is 0 Å². The number of carbonyl (C=O) groups excluding carboxylic acids is 2. The molecule has 1 aromatic rings. The maximum atomic E-state index is 11.1. The van der Waals surface area contributed by atoms with E-state index in [1.807, 2.05) is 6.07 Å². The third kappa shape index (κ3) is 2.02. The minimum absolute atomic E-state index is 0.150. The van der Waals surface area contributed by atoms with Gasteiger partial charge in [-0.15, -0.1) is 0 Å². The van der Waals surface area contributed by atoms with E-state index < -0.39 is 0 Å². The highest BCUT2D eigenvalue weighted by Gasteiger charge is 2.12. The maximum Gasteiger partial charge on any atom is 0.159 e. The Bertz CT molecular complexity index is 458. The number of Topliss-reactive ketones (excluding diaryl/α,β-unsaturated/α-hetero) is 1. The van der Waals surface area contributed by atoms with Gasteiger partial charge in [-0.2, -0.15) is 5.26 Å². The van der Waals surface area contributed by atoms with Crippen molar-refractivity contribution in [3.05, 3.63) is 28.8 Å². The van der Waals surface area contributed by atoms with E-state index in [9.17, 15) is 9.59 Å². The molecule has 0 aliphatic carbocycles. The molecule has 4 nitrogen and oxygen atoms in total. The van der Waals surface area contributed by atoms with Gasteiger partial charge < -0.3 is 4.74 Å². The van der Waals surface area contributed by atoms with E-state index in [4.69, 9.17) is 10.00 Å². The third-order valence-electron chi connectivity index (χ3n) is 2.00. The zero-order valence-electron chi connectivity index (χ0n) is 8.40. The van der Waals surface area contributed by atoms with E-state index in [1.165, 1.54) is 26.2 Å². The second-order valence-corrected chi connectivity index (χ2v) is 2.93. The van der Waals surface area contributed by atoms with Crippen LogP contribution in [0.2, 0.25) is 0 Å². The minimum atomic E-state index is -0.180. The Hall–Kier alpha value is -2.15. The summed E-state index contributed by atoms with van der Waals surface area (Å²) in [4.78, 5) is 21.8. The summed E-state index contributed by atoms with van der Waals surface area (Å²) in [5.41, 5.74) is 0.674. The van der Waals surface area contributed by atoms with Crippen LogP contribution in [0, 0.1) is 11.3 Å². The number of rotatable bonds is 3. The van der Waals surface area contributed by atoms with Gasteiger partial charge in [0.25, 0.3) is 0 Å². The average Bonchev–Trinajstić information content (AvgIpc) is 2.26. The second-order valence-electron chi connectivity index (χ2n) is 2.93. The number of nitrogens with zero attached hydrogens (tertiary/aromatic N) is 1. The fraction of sp³-hybridized carbons (Fsp3) is 0.182. The molecule has 76 valence electrons. The van der Waals surface area contributed by atoms with E-state index >= 15 is 0 Å². The summed E-state index contributed by atoms with van der Waals surface area (Å²) in [5.74, 6) is 0.0631.